The molecule has 0 radical (unpaired) electrons. The van der Waals surface area contributed by atoms with Crippen LogP contribution >= 0.6 is 11.6 Å². The van der Waals surface area contributed by atoms with Crippen molar-refractivity contribution < 1.29 is 27.2 Å². The summed E-state index contributed by atoms with van der Waals surface area (Å²) in [6.07, 6.45) is -4.08. The van der Waals surface area contributed by atoms with Crippen molar-refractivity contribution in [2.24, 2.45) is 0 Å². The van der Waals surface area contributed by atoms with Crippen LogP contribution in [0.4, 0.5) is 18.0 Å². The monoisotopic (exact) mass is 350 g/mol. The van der Waals surface area contributed by atoms with Crippen molar-refractivity contribution in [2.75, 3.05) is 12.5 Å². The predicted octanol–water partition coefficient (Wildman–Crippen LogP) is 2.62. The van der Waals surface area contributed by atoms with Crippen molar-refractivity contribution in [3.05, 3.63) is 29.9 Å². The van der Waals surface area contributed by atoms with Gasteiger partial charge in [-0.1, -0.05) is 5.16 Å². The Bertz CT molecular complexity index is 660. The zero-order valence-electron chi connectivity index (χ0n) is 11.4. The highest BCUT2D eigenvalue weighted by molar-refractivity contribution is 6.18. The van der Waals surface area contributed by atoms with Crippen LogP contribution in [0.5, 0.6) is 0 Å². The van der Waals surface area contributed by atoms with Gasteiger partial charge in [-0.2, -0.15) is 18.2 Å². The number of carbonyl (C=O) groups is 1. The number of alkyl carbamates (subject to hydrolysis) is 1. The van der Waals surface area contributed by atoms with Gasteiger partial charge in [-0.3, -0.25) is 4.98 Å². The Balaban J connectivity index is 1.97. The zero-order valence-corrected chi connectivity index (χ0v) is 12.2. The molecule has 2 aromatic rings. The van der Waals surface area contributed by atoms with Gasteiger partial charge >= 0.3 is 18.2 Å². The van der Waals surface area contributed by atoms with E-state index in [1.54, 1.807) is 0 Å². The Hall–Kier alpha value is -2.36. The number of aromatic nitrogens is 3. The number of pyridine rings is 1. The molecule has 7 nitrogen and oxygen atoms in total. The van der Waals surface area contributed by atoms with Crippen molar-refractivity contribution in [3.8, 4) is 11.4 Å². The first kappa shape index (κ1) is 17.0. The van der Waals surface area contributed by atoms with Gasteiger partial charge < -0.3 is 14.6 Å². The number of ether oxygens (including phenoxy) is 1. The number of nitrogens with one attached hydrogen (secondary N) is 1. The molecular formula is C12H10ClF3N4O3. The Morgan fingerprint density at radius 1 is 1.39 bits per heavy atom. The van der Waals surface area contributed by atoms with Gasteiger partial charge in [-0.15, -0.1) is 11.6 Å². The van der Waals surface area contributed by atoms with Crippen LogP contribution in [-0.2, 0) is 17.5 Å². The van der Waals surface area contributed by atoms with Gasteiger partial charge in [0.1, 0.15) is 6.61 Å². The fourth-order valence-electron chi connectivity index (χ4n) is 1.46. The summed E-state index contributed by atoms with van der Waals surface area (Å²) in [5.74, 6) is -1.48. The molecule has 0 bridgehead atoms. The van der Waals surface area contributed by atoms with Crippen LogP contribution in [-0.4, -0.2) is 33.7 Å². The van der Waals surface area contributed by atoms with Crippen molar-refractivity contribution in [2.45, 2.75) is 12.7 Å². The molecular weight excluding hydrogens is 341 g/mol. The lowest BCUT2D eigenvalue weighted by atomic mass is 10.2. The van der Waals surface area contributed by atoms with Gasteiger partial charge in [-0.05, 0) is 12.1 Å². The number of rotatable bonds is 5. The Morgan fingerprint density at radius 3 is 2.74 bits per heavy atom. The summed E-state index contributed by atoms with van der Waals surface area (Å²) in [6, 6.07) is 2.96. The molecule has 2 rings (SSSR count). The molecule has 11 heteroatoms. The smallest absolute Gasteiger partial charge is 0.448 e. The summed E-state index contributed by atoms with van der Waals surface area (Å²) >= 11 is 5.36. The van der Waals surface area contributed by atoms with E-state index in [0.29, 0.717) is 5.69 Å². The molecule has 0 atom stereocenters. The number of nitrogens with zero attached hydrogens (tertiary/aromatic N) is 3. The number of hydrogen-bond donors (Lipinski definition) is 1. The number of hydrogen-bond acceptors (Lipinski definition) is 6. The van der Waals surface area contributed by atoms with E-state index in [0.717, 1.165) is 0 Å². The maximum Gasteiger partial charge on any atom is 0.471 e. The first-order valence-corrected chi connectivity index (χ1v) is 6.76. The Labute approximate surface area is 132 Å². The minimum absolute atomic E-state index is 0.0825. The quantitative estimate of drug-likeness (QED) is 0.834. The largest absolute Gasteiger partial charge is 0.471 e. The standard InChI is InChI=1S/C12H10ClF3N4O3/c13-3-4-22-11(21)18-6-8-2-1-7(5-17-8)9-19-10(23-20-9)12(14,15)16/h1-2,5H,3-4,6H2,(H,18,21). The molecule has 124 valence electrons. The first-order chi connectivity index (χ1) is 10.9. The average Bonchev–Trinajstić information content (AvgIpc) is 3.01. The molecule has 0 spiro atoms. The van der Waals surface area contributed by atoms with Crippen LogP contribution < -0.4 is 5.32 Å². The minimum atomic E-state index is -4.70. The first-order valence-electron chi connectivity index (χ1n) is 6.23. The molecule has 0 saturated carbocycles. The summed E-state index contributed by atoms with van der Waals surface area (Å²) in [5, 5.41) is 5.68. The molecule has 1 N–H and O–H groups in total. The van der Waals surface area contributed by atoms with Gasteiger partial charge in [0.05, 0.1) is 18.1 Å². The van der Waals surface area contributed by atoms with Crippen molar-refractivity contribution in [1.82, 2.24) is 20.4 Å². The Morgan fingerprint density at radius 2 is 2.17 bits per heavy atom. The molecule has 0 aliphatic rings. The predicted molar refractivity (Wildman–Crippen MR) is 71.4 cm³/mol. The molecule has 0 aliphatic carbocycles. The van der Waals surface area contributed by atoms with E-state index in [-0.39, 0.29) is 30.4 Å². The maximum absolute atomic E-state index is 12.4. The fraction of sp³-hybridized carbons (Fsp3) is 0.333. The van der Waals surface area contributed by atoms with Crippen molar-refractivity contribution >= 4 is 17.7 Å². The third-order valence-electron chi connectivity index (χ3n) is 2.48. The normalized spacial score (nSPS) is 11.3. The van der Waals surface area contributed by atoms with E-state index in [1.807, 2.05) is 0 Å². The van der Waals surface area contributed by atoms with Crippen LogP contribution in [0, 0.1) is 0 Å². The van der Waals surface area contributed by atoms with E-state index in [4.69, 9.17) is 16.3 Å². The van der Waals surface area contributed by atoms with Crippen molar-refractivity contribution in [1.29, 1.82) is 0 Å². The number of carbonyl (C=O) groups excluding carboxylic acids is 1. The summed E-state index contributed by atoms with van der Waals surface area (Å²) in [5.41, 5.74) is 0.717. The number of amides is 1. The van der Waals surface area contributed by atoms with E-state index in [9.17, 15) is 18.0 Å². The summed E-state index contributed by atoms with van der Waals surface area (Å²) in [7, 11) is 0. The zero-order chi connectivity index (χ0) is 16.9. The second-order valence-electron chi connectivity index (χ2n) is 4.14. The maximum atomic E-state index is 12.4. The number of halogens is 4. The van der Waals surface area contributed by atoms with Gasteiger partial charge in [0.2, 0.25) is 5.82 Å². The molecule has 0 aromatic carbocycles. The SMILES string of the molecule is O=C(NCc1ccc(-c2noc(C(F)(F)F)n2)cn1)OCCCl. The Kier molecular flexibility index (Phi) is 5.37. The molecule has 0 fully saturated rings. The molecule has 0 unspecified atom stereocenters. The highest BCUT2D eigenvalue weighted by Gasteiger charge is 2.38. The van der Waals surface area contributed by atoms with E-state index in [2.05, 4.69) is 25.0 Å². The minimum Gasteiger partial charge on any atom is -0.448 e. The lowest BCUT2D eigenvalue weighted by Crippen LogP contribution is -2.24. The molecule has 1 amide bonds. The lowest BCUT2D eigenvalue weighted by Gasteiger charge is -2.05. The topological polar surface area (TPSA) is 90.1 Å². The van der Waals surface area contributed by atoms with E-state index < -0.39 is 18.2 Å². The lowest BCUT2D eigenvalue weighted by molar-refractivity contribution is -0.159. The van der Waals surface area contributed by atoms with E-state index >= 15 is 0 Å². The molecule has 0 aliphatic heterocycles. The van der Waals surface area contributed by atoms with Crippen LogP contribution in [0.15, 0.2) is 22.9 Å². The molecule has 23 heavy (non-hydrogen) atoms. The van der Waals surface area contributed by atoms with Crippen LogP contribution in [0.3, 0.4) is 0 Å². The molecule has 2 heterocycles. The van der Waals surface area contributed by atoms with E-state index in [1.165, 1.54) is 18.3 Å². The molecule has 0 saturated heterocycles. The van der Waals surface area contributed by atoms with Gasteiger partial charge in [0.15, 0.2) is 0 Å². The number of alkyl halides is 4. The summed E-state index contributed by atoms with van der Waals surface area (Å²) < 4.78 is 45.9. The van der Waals surface area contributed by atoms with Crippen LogP contribution in [0.2, 0.25) is 0 Å². The highest BCUT2D eigenvalue weighted by atomic mass is 35.5. The molecule has 2 aromatic heterocycles. The van der Waals surface area contributed by atoms with Crippen LogP contribution in [0.1, 0.15) is 11.6 Å². The third-order valence-corrected chi connectivity index (χ3v) is 2.63. The van der Waals surface area contributed by atoms with Gasteiger partial charge in [-0.25, -0.2) is 4.79 Å². The van der Waals surface area contributed by atoms with Crippen molar-refractivity contribution in [3.63, 3.8) is 0 Å². The highest BCUT2D eigenvalue weighted by Crippen LogP contribution is 2.29. The van der Waals surface area contributed by atoms with Crippen LogP contribution in [0.25, 0.3) is 11.4 Å². The fourth-order valence-corrected chi connectivity index (χ4v) is 1.54. The summed E-state index contributed by atoms with van der Waals surface area (Å²) in [6.45, 7) is 0.167. The average molecular weight is 351 g/mol. The third kappa shape index (κ3) is 4.81. The second-order valence-corrected chi connectivity index (χ2v) is 4.52. The summed E-state index contributed by atoms with van der Waals surface area (Å²) in [4.78, 5) is 18.4. The second kappa shape index (κ2) is 7.27. The van der Waals surface area contributed by atoms with Gasteiger partial charge in [0.25, 0.3) is 0 Å². The van der Waals surface area contributed by atoms with Gasteiger partial charge in [0, 0.05) is 11.8 Å².